The molecule has 1 N–H and O–H groups in total. The van der Waals surface area contributed by atoms with Crippen LogP contribution < -0.4 is 10.1 Å². The third-order valence-corrected chi connectivity index (χ3v) is 5.43. The molecule has 0 bridgehead atoms. The van der Waals surface area contributed by atoms with Crippen molar-refractivity contribution in [2.75, 3.05) is 25.0 Å². The molecule has 0 saturated carbocycles. The summed E-state index contributed by atoms with van der Waals surface area (Å²) in [6.45, 7) is 5.13. The first-order valence-corrected chi connectivity index (χ1v) is 10.3. The van der Waals surface area contributed by atoms with Crippen molar-refractivity contribution >= 4 is 47.4 Å². The van der Waals surface area contributed by atoms with Gasteiger partial charge in [-0.2, -0.15) is 0 Å². The predicted octanol–water partition coefficient (Wildman–Crippen LogP) is 4.73. The van der Waals surface area contributed by atoms with E-state index in [0.29, 0.717) is 5.75 Å². The van der Waals surface area contributed by atoms with Gasteiger partial charge in [-0.15, -0.1) is 24.8 Å². The van der Waals surface area contributed by atoms with Crippen LogP contribution in [0.2, 0.25) is 0 Å². The highest BCUT2D eigenvalue weighted by molar-refractivity contribution is 5.94. The number of nitrogens with one attached hydrogen (secondary N) is 1. The van der Waals surface area contributed by atoms with Gasteiger partial charge in [0.15, 0.2) is 6.61 Å². The van der Waals surface area contributed by atoms with Crippen LogP contribution >= 0.6 is 24.8 Å². The third-order valence-electron chi connectivity index (χ3n) is 5.43. The highest BCUT2D eigenvalue weighted by atomic mass is 35.5. The molecule has 168 valence electrons. The molecule has 0 aliphatic carbocycles. The number of amides is 1. The summed E-state index contributed by atoms with van der Waals surface area (Å²) in [5.74, 6) is 1.58. The molecule has 6 nitrogen and oxygen atoms in total. The Labute approximate surface area is 195 Å². The van der Waals surface area contributed by atoms with Crippen molar-refractivity contribution in [1.29, 1.82) is 0 Å². The molecule has 4 rings (SSSR count). The fourth-order valence-electron chi connectivity index (χ4n) is 3.84. The van der Waals surface area contributed by atoms with Gasteiger partial charge in [0.1, 0.15) is 11.6 Å². The number of rotatable bonds is 6. The first-order valence-electron chi connectivity index (χ1n) is 10.3. The minimum Gasteiger partial charge on any atom is -0.484 e. The molecular weight excluding hydrogens is 435 g/mol. The fraction of sp³-hybridized carbons (Fsp3) is 0.391. The quantitative estimate of drug-likeness (QED) is 0.572. The van der Waals surface area contributed by atoms with Crippen LogP contribution in [-0.2, 0) is 18.4 Å². The molecule has 1 saturated heterocycles. The molecular formula is C23H30Cl2N4O2. The predicted molar refractivity (Wildman–Crippen MR) is 130 cm³/mol. The Kier molecular flexibility index (Phi) is 9.16. The smallest absolute Gasteiger partial charge is 0.262 e. The van der Waals surface area contributed by atoms with Gasteiger partial charge in [0.25, 0.3) is 5.91 Å². The van der Waals surface area contributed by atoms with E-state index in [1.807, 2.05) is 49.4 Å². The van der Waals surface area contributed by atoms with Crippen molar-refractivity contribution in [3.63, 3.8) is 0 Å². The summed E-state index contributed by atoms with van der Waals surface area (Å²) < 4.78 is 7.73. The molecule has 1 aliphatic rings. The third kappa shape index (κ3) is 6.35. The molecule has 1 aromatic heterocycles. The summed E-state index contributed by atoms with van der Waals surface area (Å²) in [6.07, 6.45) is 3.87. The number of nitrogens with zero attached hydrogens (tertiary/aromatic N) is 3. The zero-order chi connectivity index (χ0) is 20.2. The molecule has 0 spiro atoms. The average Bonchev–Trinajstić information content (AvgIpc) is 3.02. The second-order valence-corrected chi connectivity index (χ2v) is 7.78. The zero-order valence-electron chi connectivity index (χ0n) is 18.0. The van der Waals surface area contributed by atoms with Gasteiger partial charge >= 0.3 is 0 Å². The Bertz CT molecular complexity index is 1020. The van der Waals surface area contributed by atoms with Crippen LogP contribution in [0, 0.1) is 6.92 Å². The van der Waals surface area contributed by atoms with Crippen LogP contribution in [0.4, 0.5) is 5.69 Å². The van der Waals surface area contributed by atoms with E-state index in [0.717, 1.165) is 47.7 Å². The summed E-state index contributed by atoms with van der Waals surface area (Å²) in [5, 5.41) is 2.91. The minimum absolute atomic E-state index is 0. The van der Waals surface area contributed by atoms with Crippen LogP contribution in [0.3, 0.4) is 0 Å². The van der Waals surface area contributed by atoms with E-state index in [-0.39, 0.29) is 37.3 Å². The Balaban J connectivity index is 0.00000171. The number of halogens is 2. The zero-order valence-corrected chi connectivity index (χ0v) is 19.6. The number of ether oxygens (including phenoxy) is 1. The maximum Gasteiger partial charge on any atom is 0.262 e. The first-order chi connectivity index (χ1) is 14.1. The van der Waals surface area contributed by atoms with Gasteiger partial charge in [0.2, 0.25) is 0 Å². The molecule has 2 aromatic carbocycles. The Morgan fingerprint density at radius 3 is 2.61 bits per heavy atom. The molecule has 8 heteroatoms. The second kappa shape index (κ2) is 11.4. The van der Waals surface area contributed by atoms with Crippen molar-refractivity contribution in [1.82, 2.24) is 14.5 Å². The average molecular weight is 465 g/mol. The summed E-state index contributed by atoms with van der Waals surface area (Å²) >= 11 is 0. The van der Waals surface area contributed by atoms with Gasteiger partial charge < -0.3 is 14.6 Å². The number of aryl methyl sites for hydroxylation is 2. The number of hydrogen-bond acceptors (Lipinski definition) is 4. The SMILES string of the molecule is Cc1cccc(OCC(=O)Nc2ccc3c(c2)nc(CN2CCCCC2)n3C)c1.Cl.Cl. The molecule has 2 heterocycles. The number of carbonyl (C=O) groups is 1. The topological polar surface area (TPSA) is 59.4 Å². The maximum atomic E-state index is 12.3. The van der Waals surface area contributed by atoms with Crippen LogP contribution in [0.25, 0.3) is 11.0 Å². The lowest BCUT2D eigenvalue weighted by Crippen LogP contribution is -2.30. The highest BCUT2D eigenvalue weighted by Crippen LogP contribution is 2.21. The van der Waals surface area contributed by atoms with E-state index in [1.54, 1.807) is 0 Å². The Morgan fingerprint density at radius 1 is 1.10 bits per heavy atom. The van der Waals surface area contributed by atoms with Gasteiger partial charge in [0, 0.05) is 12.7 Å². The largest absolute Gasteiger partial charge is 0.484 e. The van der Waals surface area contributed by atoms with E-state index in [2.05, 4.69) is 21.8 Å². The van der Waals surface area contributed by atoms with E-state index in [9.17, 15) is 4.79 Å². The number of piperidine rings is 1. The number of imidazole rings is 1. The van der Waals surface area contributed by atoms with Gasteiger partial charge in [-0.3, -0.25) is 9.69 Å². The fourth-order valence-corrected chi connectivity index (χ4v) is 3.84. The second-order valence-electron chi connectivity index (χ2n) is 7.78. The molecule has 1 aliphatic heterocycles. The summed E-state index contributed by atoms with van der Waals surface area (Å²) in [7, 11) is 2.06. The van der Waals surface area contributed by atoms with E-state index in [1.165, 1.54) is 19.3 Å². The van der Waals surface area contributed by atoms with E-state index >= 15 is 0 Å². The van der Waals surface area contributed by atoms with E-state index in [4.69, 9.17) is 9.72 Å². The summed E-state index contributed by atoms with van der Waals surface area (Å²) in [5.41, 5.74) is 3.81. The molecule has 1 amide bonds. The van der Waals surface area contributed by atoms with Gasteiger partial charge in [0.05, 0.1) is 17.6 Å². The van der Waals surface area contributed by atoms with Gasteiger partial charge in [-0.1, -0.05) is 18.6 Å². The van der Waals surface area contributed by atoms with Gasteiger partial charge in [-0.25, -0.2) is 4.98 Å². The normalized spacial score (nSPS) is 13.9. The van der Waals surface area contributed by atoms with Crippen molar-refractivity contribution in [3.8, 4) is 5.75 Å². The lowest BCUT2D eigenvalue weighted by atomic mass is 10.1. The monoisotopic (exact) mass is 464 g/mol. The number of aromatic nitrogens is 2. The molecule has 0 atom stereocenters. The van der Waals surface area contributed by atoms with Crippen LogP contribution in [0.15, 0.2) is 42.5 Å². The maximum absolute atomic E-state index is 12.3. The molecule has 1 fully saturated rings. The van der Waals surface area contributed by atoms with Crippen molar-refractivity contribution < 1.29 is 9.53 Å². The number of hydrogen-bond donors (Lipinski definition) is 1. The molecule has 3 aromatic rings. The summed E-state index contributed by atoms with van der Waals surface area (Å²) in [6, 6.07) is 13.5. The van der Waals surface area contributed by atoms with Crippen molar-refractivity contribution in [2.45, 2.75) is 32.7 Å². The number of likely N-dealkylation sites (tertiary alicyclic amines) is 1. The van der Waals surface area contributed by atoms with Crippen molar-refractivity contribution in [3.05, 3.63) is 53.9 Å². The highest BCUT2D eigenvalue weighted by Gasteiger charge is 2.15. The van der Waals surface area contributed by atoms with Crippen LogP contribution in [0.1, 0.15) is 30.7 Å². The number of fused-ring (bicyclic) bond motifs is 1. The standard InChI is InChI=1S/C23H28N4O2.2ClH/c1-17-7-6-8-19(13-17)29-16-23(28)24-18-9-10-21-20(14-18)25-22(26(21)2)15-27-11-4-3-5-12-27;;/h6-10,13-14H,3-5,11-12,15-16H2,1-2H3,(H,24,28);2*1H. The molecule has 0 radical (unpaired) electrons. The van der Waals surface area contributed by atoms with Crippen molar-refractivity contribution in [2.24, 2.45) is 7.05 Å². The molecule has 0 unspecified atom stereocenters. The van der Waals surface area contributed by atoms with Gasteiger partial charge in [-0.05, 0) is 68.8 Å². The number of carbonyl (C=O) groups excluding carboxylic acids is 1. The minimum atomic E-state index is -0.185. The first kappa shape index (κ1) is 25.0. The summed E-state index contributed by atoms with van der Waals surface area (Å²) in [4.78, 5) is 19.6. The number of anilines is 1. The van der Waals surface area contributed by atoms with Crippen LogP contribution in [0.5, 0.6) is 5.75 Å². The lowest BCUT2D eigenvalue weighted by Gasteiger charge is -2.25. The lowest BCUT2D eigenvalue weighted by molar-refractivity contribution is -0.118. The molecule has 31 heavy (non-hydrogen) atoms. The number of benzene rings is 2. The Hall–Kier alpha value is -2.28. The Morgan fingerprint density at radius 2 is 1.87 bits per heavy atom. The van der Waals surface area contributed by atoms with E-state index < -0.39 is 0 Å². The van der Waals surface area contributed by atoms with Crippen LogP contribution in [-0.4, -0.2) is 40.1 Å².